The van der Waals surface area contributed by atoms with Gasteiger partial charge < -0.3 is 5.11 Å². The second-order valence-electron chi connectivity index (χ2n) is 10.2. The minimum absolute atomic E-state index is 0. The van der Waals surface area contributed by atoms with Crippen LogP contribution in [0.2, 0.25) is 0 Å². The van der Waals surface area contributed by atoms with Crippen LogP contribution in [-0.4, -0.2) is 15.9 Å². The summed E-state index contributed by atoms with van der Waals surface area (Å²) < 4.78 is 0. The average Bonchev–Trinajstić information content (AvgIpc) is 2.72. The van der Waals surface area contributed by atoms with Crippen molar-refractivity contribution in [3.8, 4) is 11.3 Å². The third-order valence-corrected chi connectivity index (χ3v) is 5.12. The maximum Gasteiger partial charge on any atom is 0.164 e. The van der Waals surface area contributed by atoms with E-state index in [9.17, 15) is 9.90 Å². The number of aliphatic hydroxyl groups is 1. The smallest absolute Gasteiger partial charge is 0.164 e. The number of aromatic nitrogens is 1. The normalized spacial score (nSPS) is 11.9. The Morgan fingerprint density at radius 3 is 2.21 bits per heavy atom. The monoisotopic (exact) mass is 623 g/mol. The first kappa shape index (κ1) is 28.7. The number of pyridine rings is 1. The molecule has 1 N–H and O–H groups in total. The fourth-order valence-corrected chi connectivity index (χ4v) is 2.91. The average molecular weight is 623 g/mol. The summed E-state index contributed by atoms with van der Waals surface area (Å²) in [6.45, 7) is 15.4. The third-order valence-electron chi connectivity index (χ3n) is 5.12. The van der Waals surface area contributed by atoms with Crippen LogP contribution in [0.25, 0.3) is 22.2 Å². The summed E-state index contributed by atoms with van der Waals surface area (Å²) >= 11 is 0. The van der Waals surface area contributed by atoms with Crippen molar-refractivity contribution in [1.82, 2.24) is 4.98 Å². The molecular formula is C29H36IrNO2-. The molecule has 0 bridgehead atoms. The van der Waals surface area contributed by atoms with E-state index < -0.39 is 5.41 Å². The molecule has 1 radical (unpaired) electrons. The van der Waals surface area contributed by atoms with Crippen LogP contribution < -0.4 is 0 Å². The number of hydrogen-bond acceptors (Lipinski definition) is 3. The molecule has 3 rings (SSSR count). The van der Waals surface area contributed by atoms with Gasteiger partial charge in [-0.3, -0.25) is 9.78 Å². The molecule has 0 saturated heterocycles. The maximum atomic E-state index is 11.5. The van der Waals surface area contributed by atoms with Crippen LogP contribution in [0.5, 0.6) is 0 Å². The van der Waals surface area contributed by atoms with Gasteiger partial charge in [0.25, 0.3) is 0 Å². The van der Waals surface area contributed by atoms with Crippen molar-refractivity contribution in [3.63, 3.8) is 0 Å². The molecule has 33 heavy (non-hydrogen) atoms. The molecule has 0 aliphatic heterocycles. The molecule has 1 heterocycles. The Balaban J connectivity index is 0.000000346. The molecule has 2 aromatic carbocycles. The fourth-order valence-electron chi connectivity index (χ4n) is 2.91. The van der Waals surface area contributed by atoms with E-state index in [0.717, 1.165) is 23.2 Å². The van der Waals surface area contributed by atoms with Gasteiger partial charge in [-0.15, -0.1) is 34.9 Å². The van der Waals surface area contributed by atoms with Crippen molar-refractivity contribution in [3.05, 3.63) is 77.6 Å². The fraction of sp³-hybridized carbons (Fsp3) is 0.379. The summed E-state index contributed by atoms with van der Waals surface area (Å²) in [6, 6.07) is 20.2. The molecular weight excluding hydrogens is 587 g/mol. The Kier molecular flexibility index (Phi) is 10.2. The van der Waals surface area contributed by atoms with Gasteiger partial charge in [0, 0.05) is 37.0 Å². The molecule has 3 nitrogen and oxygen atoms in total. The maximum absolute atomic E-state index is 11.5. The van der Waals surface area contributed by atoms with Crippen molar-refractivity contribution in [1.29, 1.82) is 0 Å². The van der Waals surface area contributed by atoms with Gasteiger partial charge in [-0.25, -0.2) is 0 Å². The topological polar surface area (TPSA) is 50.2 Å². The molecule has 3 aromatic rings. The van der Waals surface area contributed by atoms with Crippen molar-refractivity contribution >= 4 is 16.7 Å². The molecule has 0 aliphatic rings. The molecule has 4 heteroatoms. The number of ketones is 1. The number of carbonyl (C=O) groups is 1. The summed E-state index contributed by atoms with van der Waals surface area (Å²) in [7, 11) is 0. The molecule has 0 saturated carbocycles. The minimum Gasteiger partial charge on any atom is -0.512 e. The molecule has 0 aliphatic carbocycles. The summed E-state index contributed by atoms with van der Waals surface area (Å²) in [4.78, 5) is 16.2. The predicted octanol–water partition coefficient (Wildman–Crippen LogP) is 7.66. The van der Waals surface area contributed by atoms with Crippen molar-refractivity contribution in [2.24, 2.45) is 10.8 Å². The van der Waals surface area contributed by atoms with E-state index in [1.165, 1.54) is 22.6 Å². The van der Waals surface area contributed by atoms with E-state index in [1.54, 1.807) is 0 Å². The number of benzene rings is 2. The van der Waals surface area contributed by atoms with Crippen LogP contribution in [0.1, 0.15) is 59.6 Å². The number of para-hydroxylation sites is 1. The third kappa shape index (κ3) is 8.53. The Labute approximate surface area is 212 Å². The Bertz CT molecular complexity index is 1120. The Morgan fingerprint density at radius 2 is 1.64 bits per heavy atom. The van der Waals surface area contributed by atoms with E-state index in [4.69, 9.17) is 4.98 Å². The second-order valence-corrected chi connectivity index (χ2v) is 10.2. The number of hydrogen-bond donors (Lipinski definition) is 1. The van der Waals surface area contributed by atoms with Crippen LogP contribution in [0.4, 0.5) is 0 Å². The number of nitrogens with zero attached hydrogens (tertiary/aromatic N) is 1. The summed E-state index contributed by atoms with van der Waals surface area (Å²) in [5.41, 5.74) is 4.86. The van der Waals surface area contributed by atoms with Crippen LogP contribution in [0, 0.1) is 23.8 Å². The second kappa shape index (κ2) is 11.7. The Morgan fingerprint density at radius 1 is 1.00 bits per heavy atom. The number of fused-ring (bicyclic) bond motifs is 1. The Hall–Kier alpha value is -2.29. The van der Waals surface area contributed by atoms with Gasteiger partial charge in [0.05, 0.1) is 5.52 Å². The van der Waals surface area contributed by atoms with Gasteiger partial charge >= 0.3 is 0 Å². The van der Waals surface area contributed by atoms with E-state index in [-0.39, 0.29) is 37.1 Å². The molecule has 1 aromatic heterocycles. The largest absolute Gasteiger partial charge is 0.512 e. The van der Waals surface area contributed by atoms with Gasteiger partial charge in [0.2, 0.25) is 0 Å². The standard InChI is InChI=1S/C18H16N.C11H20O2.Ir/c1-3-14-10-13(2)11-16(12-14)18-9-8-15-6-4-5-7-17(15)19-18;1-10(2,3)8(12)7-9(13)11(4,5)6;/h4-10,12H,3H2,1-2H3;7,12H,1-6H3;/q-1;;/b;8-7-;. The van der Waals surface area contributed by atoms with Gasteiger partial charge in [-0.05, 0) is 23.6 Å². The molecule has 179 valence electrons. The zero-order valence-electron chi connectivity index (χ0n) is 21.0. The first-order valence-electron chi connectivity index (χ1n) is 11.2. The molecule has 0 unspecified atom stereocenters. The van der Waals surface area contributed by atoms with Gasteiger partial charge in [0.1, 0.15) is 5.76 Å². The first-order chi connectivity index (χ1) is 14.8. The SMILES string of the molecule is CC(C)(C)C(=O)/C=C(\O)C(C)(C)C.CCc1cc(C)[c-]c(-c2ccc3ccccc3n2)c1.[Ir]. The number of aryl methyl sites for hydroxylation is 2. The van der Waals surface area contributed by atoms with E-state index in [0.29, 0.717) is 0 Å². The van der Waals surface area contributed by atoms with Gasteiger partial charge in [-0.1, -0.05) is 85.7 Å². The zero-order valence-corrected chi connectivity index (χ0v) is 23.4. The van der Waals surface area contributed by atoms with Gasteiger partial charge in [-0.2, -0.15) is 0 Å². The summed E-state index contributed by atoms with van der Waals surface area (Å²) in [5, 5.41) is 10.7. The van der Waals surface area contributed by atoms with Gasteiger partial charge in [0.15, 0.2) is 5.78 Å². The predicted molar refractivity (Wildman–Crippen MR) is 135 cm³/mol. The van der Waals surface area contributed by atoms with Crippen molar-refractivity contribution < 1.29 is 30.0 Å². The number of allylic oxidation sites excluding steroid dienone is 2. The molecule has 0 spiro atoms. The number of carbonyl (C=O) groups excluding carboxylic acids is 1. The first-order valence-corrected chi connectivity index (χ1v) is 11.2. The molecule has 0 atom stereocenters. The number of rotatable bonds is 3. The zero-order chi connectivity index (χ0) is 24.1. The van der Waals surface area contributed by atoms with E-state index >= 15 is 0 Å². The summed E-state index contributed by atoms with van der Waals surface area (Å²) in [5.74, 6) is 0.104. The van der Waals surface area contributed by atoms with Crippen molar-refractivity contribution in [2.75, 3.05) is 0 Å². The quantitative estimate of drug-likeness (QED) is 0.185. The van der Waals surface area contributed by atoms with Crippen LogP contribution in [-0.2, 0) is 31.3 Å². The van der Waals surface area contributed by atoms with Crippen LogP contribution >= 0.6 is 0 Å². The van der Waals surface area contributed by atoms with E-state index in [1.807, 2.05) is 53.7 Å². The number of aliphatic hydroxyl groups excluding tert-OH is 1. The van der Waals surface area contributed by atoms with Crippen LogP contribution in [0.3, 0.4) is 0 Å². The molecule has 0 fully saturated rings. The van der Waals surface area contributed by atoms with Crippen LogP contribution in [0.15, 0.2) is 60.4 Å². The minimum atomic E-state index is -0.417. The molecule has 0 amide bonds. The van der Waals surface area contributed by atoms with E-state index in [2.05, 4.69) is 56.3 Å². The summed E-state index contributed by atoms with van der Waals surface area (Å²) in [6.07, 6.45) is 2.37. The van der Waals surface area contributed by atoms with Crippen molar-refractivity contribution in [2.45, 2.75) is 61.8 Å².